The van der Waals surface area contributed by atoms with Gasteiger partial charge in [-0.3, -0.25) is 19.0 Å². The normalized spacial score (nSPS) is 12.1. The lowest BCUT2D eigenvalue weighted by atomic mass is 10.1. The number of amides is 1. The third kappa shape index (κ3) is 6.24. The summed E-state index contributed by atoms with van der Waals surface area (Å²) < 4.78 is 13.9. The number of esters is 1. The number of nitrogens with zero attached hydrogens (tertiary/aromatic N) is 4. The summed E-state index contributed by atoms with van der Waals surface area (Å²) in [5.74, 6) is -1.11. The number of carbonyl (C=O) groups is 2. The van der Waals surface area contributed by atoms with Gasteiger partial charge in [0.25, 0.3) is 11.5 Å². The number of carbonyl (C=O) groups excluding carboxylic acids is 2. The molecule has 0 saturated heterocycles. The number of hydrogen-bond donors (Lipinski definition) is 1. The molecule has 3 rings (SSSR count). The molecule has 1 aromatic carbocycles. The maximum atomic E-state index is 13.3. The third-order valence-electron chi connectivity index (χ3n) is 5.74. The first-order valence-corrected chi connectivity index (χ1v) is 11.4. The van der Waals surface area contributed by atoms with Crippen molar-refractivity contribution in [2.24, 2.45) is 5.92 Å². The number of nitrogens with one attached hydrogen (secondary N) is 1. The van der Waals surface area contributed by atoms with Gasteiger partial charge in [0, 0.05) is 19.7 Å². The first-order valence-electron chi connectivity index (χ1n) is 11.4. The van der Waals surface area contributed by atoms with E-state index < -0.39 is 36.3 Å². The van der Waals surface area contributed by atoms with Gasteiger partial charge in [-0.2, -0.15) is 0 Å². The van der Waals surface area contributed by atoms with E-state index in [1.54, 1.807) is 4.57 Å². The molecule has 188 valence electrons. The van der Waals surface area contributed by atoms with Crippen LogP contribution in [0.5, 0.6) is 0 Å². The Bertz CT molecular complexity index is 1290. The van der Waals surface area contributed by atoms with Crippen LogP contribution in [-0.4, -0.2) is 56.9 Å². The lowest BCUT2D eigenvalue weighted by Gasteiger charge is -2.17. The van der Waals surface area contributed by atoms with Crippen molar-refractivity contribution in [1.82, 2.24) is 24.0 Å². The van der Waals surface area contributed by atoms with Crippen molar-refractivity contribution in [1.29, 1.82) is 0 Å². The van der Waals surface area contributed by atoms with Gasteiger partial charge in [-0.25, -0.2) is 14.3 Å². The number of aromatic nitrogens is 4. The van der Waals surface area contributed by atoms with Gasteiger partial charge in [-0.05, 0) is 18.4 Å². The van der Waals surface area contributed by atoms with Crippen molar-refractivity contribution in [2.75, 3.05) is 20.3 Å². The average Bonchev–Trinajstić information content (AvgIpc) is 3.26. The highest BCUT2D eigenvalue weighted by Crippen LogP contribution is 2.10. The Hall–Kier alpha value is -3.73. The maximum absolute atomic E-state index is 13.3. The Kier molecular flexibility index (Phi) is 8.58. The van der Waals surface area contributed by atoms with Crippen molar-refractivity contribution in [3.05, 3.63) is 63.1 Å². The number of hydrogen-bond acceptors (Lipinski definition) is 7. The van der Waals surface area contributed by atoms with E-state index in [1.807, 2.05) is 51.1 Å². The SMILES string of the molecule is COCCn1cnc2c1c(=O)n(CC(=O)OCC(=O)NC(C)C(C)C)c(=O)n2Cc1ccccc1. The van der Waals surface area contributed by atoms with E-state index in [1.165, 1.54) is 18.0 Å². The molecule has 0 aliphatic rings. The quantitative estimate of drug-likeness (QED) is 0.397. The van der Waals surface area contributed by atoms with Crippen molar-refractivity contribution < 1.29 is 19.1 Å². The summed E-state index contributed by atoms with van der Waals surface area (Å²) in [4.78, 5) is 55.4. The van der Waals surface area contributed by atoms with Gasteiger partial charge in [0.15, 0.2) is 17.8 Å². The molecule has 1 N–H and O–H groups in total. The predicted molar refractivity (Wildman–Crippen MR) is 129 cm³/mol. The fourth-order valence-corrected chi connectivity index (χ4v) is 3.43. The van der Waals surface area contributed by atoms with Gasteiger partial charge in [0.1, 0.15) is 6.54 Å². The molecule has 0 bridgehead atoms. The number of methoxy groups -OCH3 is 1. The number of imidazole rings is 1. The summed E-state index contributed by atoms with van der Waals surface area (Å²) in [6.07, 6.45) is 1.47. The molecular weight excluding hydrogens is 454 g/mol. The van der Waals surface area contributed by atoms with E-state index >= 15 is 0 Å². The molecule has 11 heteroatoms. The van der Waals surface area contributed by atoms with Crippen molar-refractivity contribution >= 4 is 23.0 Å². The topological polar surface area (TPSA) is 126 Å². The molecule has 2 aromatic heterocycles. The molecule has 0 aliphatic carbocycles. The molecule has 0 aliphatic heterocycles. The second kappa shape index (κ2) is 11.6. The molecule has 0 fully saturated rings. The van der Waals surface area contributed by atoms with Gasteiger partial charge in [0.2, 0.25) is 0 Å². The zero-order valence-corrected chi connectivity index (χ0v) is 20.4. The Labute approximate surface area is 202 Å². The van der Waals surface area contributed by atoms with Crippen LogP contribution in [0, 0.1) is 5.92 Å². The largest absolute Gasteiger partial charge is 0.454 e. The monoisotopic (exact) mass is 485 g/mol. The number of ether oxygens (including phenoxy) is 2. The average molecular weight is 486 g/mol. The molecular formula is C24H31N5O6. The fourth-order valence-electron chi connectivity index (χ4n) is 3.43. The molecule has 11 nitrogen and oxygen atoms in total. The fraction of sp³-hybridized carbons (Fsp3) is 0.458. The molecule has 1 unspecified atom stereocenters. The number of rotatable bonds is 11. The Morgan fingerprint density at radius 1 is 1.09 bits per heavy atom. The zero-order chi connectivity index (χ0) is 25.5. The van der Waals surface area contributed by atoms with Crippen LogP contribution in [-0.2, 0) is 38.7 Å². The minimum Gasteiger partial charge on any atom is -0.454 e. The Morgan fingerprint density at radius 2 is 1.80 bits per heavy atom. The van der Waals surface area contributed by atoms with Gasteiger partial charge >= 0.3 is 11.7 Å². The highest BCUT2D eigenvalue weighted by Gasteiger charge is 2.21. The van der Waals surface area contributed by atoms with E-state index in [0.29, 0.717) is 13.2 Å². The smallest absolute Gasteiger partial charge is 0.333 e. The van der Waals surface area contributed by atoms with Crippen LogP contribution in [0.15, 0.2) is 46.2 Å². The number of fused-ring (bicyclic) bond motifs is 1. The molecule has 1 amide bonds. The highest BCUT2D eigenvalue weighted by atomic mass is 16.5. The third-order valence-corrected chi connectivity index (χ3v) is 5.74. The zero-order valence-electron chi connectivity index (χ0n) is 20.4. The molecule has 35 heavy (non-hydrogen) atoms. The lowest BCUT2D eigenvalue weighted by Crippen LogP contribution is -2.43. The lowest BCUT2D eigenvalue weighted by molar-refractivity contribution is -0.149. The van der Waals surface area contributed by atoms with Gasteiger partial charge in [0.05, 0.1) is 19.5 Å². The van der Waals surface area contributed by atoms with Crippen LogP contribution in [0.3, 0.4) is 0 Å². The maximum Gasteiger partial charge on any atom is 0.333 e. The van der Waals surface area contributed by atoms with Crippen LogP contribution in [0.2, 0.25) is 0 Å². The summed E-state index contributed by atoms with van der Waals surface area (Å²) >= 11 is 0. The van der Waals surface area contributed by atoms with Gasteiger partial charge in [-0.1, -0.05) is 44.2 Å². The summed E-state index contributed by atoms with van der Waals surface area (Å²) in [6, 6.07) is 9.14. The summed E-state index contributed by atoms with van der Waals surface area (Å²) in [5, 5.41) is 2.73. The molecule has 3 aromatic rings. The van der Waals surface area contributed by atoms with Crippen molar-refractivity contribution in [3.63, 3.8) is 0 Å². The second-order valence-corrected chi connectivity index (χ2v) is 8.61. The van der Waals surface area contributed by atoms with Crippen LogP contribution < -0.4 is 16.6 Å². The van der Waals surface area contributed by atoms with E-state index in [0.717, 1.165) is 10.1 Å². The van der Waals surface area contributed by atoms with Gasteiger partial charge in [-0.15, -0.1) is 0 Å². The van der Waals surface area contributed by atoms with Crippen LogP contribution in [0.1, 0.15) is 26.3 Å². The van der Waals surface area contributed by atoms with E-state index in [4.69, 9.17) is 9.47 Å². The minimum atomic E-state index is -0.870. The van der Waals surface area contributed by atoms with E-state index in [9.17, 15) is 19.2 Å². The van der Waals surface area contributed by atoms with E-state index in [-0.39, 0.29) is 29.7 Å². The highest BCUT2D eigenvalue weighted by molar-refractivity contribution is 5.80. The minimum absolute atomic E-state index is 0.0937. The molecule has 1 atom stereocenters. The molecule has 0 saturated carbocycles. The summed E-state index contributed by atoms with van der Waals surface area (Å²) in [6.45, 7) is 5.44. The molecule has 0 spiro atoms. The van der Waals surface area contributed by atoms with Crippen LogP contribution in [0.25, 0.3) is 11.2 Å². The van der Waals surface area contributed by atoms with Crippen LogP contribution in [0.4, 0.5) is 0 Å². The summed E-state index contributed by atoms with van der Waals surface area (Å²) in [7, 11) is 1.54. The predicted octanol–water partition coefficient (Wildman–Crippen LogP) is 0.758. The second-order valence-electron chi connectivity index (χ2n) is 8.61. The Morgan fingerprint density at radius 3 is 2.46 bits per heavy atom. The van der Waals surface area contributed by atoms with Crippen molar-refractivity contribution in [2.45, 2.75) is 46.4 Å². The first kappa shape index (κ1) is 25.9. The summed E-state index contributed by atoms with van der Waals surface area (Å²) in [5.41, 5.74) is -0.150. The molecule has 2 heterocycles. The van der Waals surface area contributed by atoms with Crippen LogP contribution >= 0.6 is 0 Å². The van der Waals surface area contributed by atoms with Crippen molar-refractivity contribution in [3.8, 4) is 0 Å². The standard InChI is InChI=1S/C24H31N5O6/c1-16(2)17(3)26-19(30)14-35-20(31)13-29-23(32)21-22(25-15-27(21)10-11-34-4)28(24(29)33)12-18-8-6-5-7-9-18/h5-9,15-17H,10-14H2,1-4H3,(H,26,30). The first-order chi connectivity index (χ1) is 16.7. The molecule has 0 radical (unpaired) electrons. The number of benzene rings is 1. The van der Waals surface area contributed by atoms with Gasteiger partial charge < -0.3 is 19.4 Å². The Balaban J connectivity index is 1.92. The van der Waals surface area contributed by atoms with E-state index in [2.05, 4.69) is 10.3 Å².